The summed E-state index contributed by atoms with van der Waals surface area (Å²) in [6.07, 6.45) is 0. The van der Waals surface area contributed by atoms with Gasteiger partial charge in [0.05, 0.1) is 22.7 Å². The summed E-state index contributed by atoms with van der Waals surface area (Å²) in [5.41, 5.74) is 20.1. The van der Waals surface area contributed by atoms with Crippen molar-refractivity contribution in [3.8, 4) is 0 Å². The highest BCUT2D eigenvalue weighted by Gasteiger charge is 2.28. The van der Waals surface area contributed by atoms with Crippen molar-refractivity contribution >= 4 is 143 Å². The summed E-state index contributed by atoms with van der Waals surface area (Å²) in [6.45, 7) is 22.3. The number of aryl methyl sites for hydroxylation is 4. The molecule has 0 saturated heterocycles. The molecule has 390 valence electrons. The lowest BCUT2D eigenvalue weighted by Crippen LogP contribution is -2.13. The molecule has 4 aromatic heterocycles. The smallest absolute Gasteiger partial charge is 0.159 e. The minimum absolute atomic E-state index is 0.0902. The van der Waals surface area contributed by atoms with E-state index in [1.807, 2.05) is 0 Å². The van der Waals surface area contributed by atoms with E-state index in [2.05, 4.69) is 261 Å². The second-order valence-corrected chi connectivity index (χ2v) is 24.3. The van der Waals surface area contributed by atoms with Crippen molar-refractivity contribution in [1.29, 1.82) is 0 Å². The SMILES string of the molecule is Cc1cccc(C)c1N(c1ccc2cc3c(cc2c1)oc1ccc2oc4cc5cc(N(c6c(C)cccc6C)c6cccc7c6oc6c(C(C)(C)C)cccc67)ccc5cc4c2c13)c1cccc2c1oc1c(C(C)(C)C)cccc12. The Kier molecular flexibility index (Phi) is 10.3. The van der Waals surface area contributed by atoms with Gasteiger partial charge in [0.1, 0.15) is 33.5 Å². The van der Waals surface area contributed by atoms with Crippen LogP contribution in [-0.2, 0) is 10.8 Å². The molecule has 0 radical (unpaired) electrons. The van der Waals surface area contributed by atoms with Crippen LogP contribution in [0.2, 0.25) is 0 Å². The molecule has 0 fully saturated rings. The molecule has 15 aromatic rings. The van der Waals surface area contributed by atoms with Gasteiger partial charge >= 0.3 is 0 Å². The molecule has 6 nitrogen and oxygen atoms in total. The molecule has 6 heteroatoms. The molecular formula is C74H60N2O4. The monoisotopic (exact) mass is 1040 g/mol. The fourth-order valence-electron chi connectivity index (χ4n) is 13.1. The van der Waals surface area contributed by atoms with Crippen molar-refractivity contribution < 1.29 is 17.7 Å². The zero-order chi connectivity index (χ0) is 54.7. The van der Waals surface area contributed by atoms with Crippen LogP contribution in [0.3, 0.4) is 0 Å². The lowest BCUT2D eigenvalue weighted by Gasteiger charge is -2.29. The first-order valence-electron chi connectivity index (χ1n) is 27.9. The summed E-state index contributed by atoms with van der Waals surface area (Å²) in [5, 5.41) is 13.1. The van der Waals surface area contributed by atoms with Gasteiger partial charge < -0.3 is 27.5 Å². The van der Waals surface area contributed by atoms with Gasteiger partial charge in [0.25, 0.3) is 0 Å². The van der Waals surface area contributed by atoms with Crippen LogP contribution >= 0.6 is 0 Å². The van der Waals surface area contributed by atoms with E-state index < -0.39 is 0 Å². The van der Waals surface area contributed by atoms with Gasteiger partial charge in [-0.15, -0.1) is 0 Å². The van der Waals surface area contributed by atoms with Crippen LogP contribution in [0.4, 0.5) is 34.1 Å². The molecule has 0 aliphatic heterocycles. The fourth-order valence-corrected chi connectivity index (χ4v) is 13.1. The van der Waals surface area contributed by atoms with Crippen LogP contribution in [0.25, 0.3) is 109 Å². The van der Waals surface area contributed by atoms with Gasteiger partial charge in [0.15, 0.2) is 11.2 Å². The Balaban J connectivity index is 0.872. The maximum Gasteiger partial charge on any atom is 0.159 e. The second kappa shape index (κ2) is 17.1. The average Bonchev–Trinajstić information content (AvgIpc) is 4.30. The van der Waals surface area contributed by atoms with Gasteiger partial charge in [0.2, 0.25) is 0 Å². The first-order valence-corrected chi connectivity index (χ1v) is 27.9. The van der Waals surface area contributed by atoms with E-state index in [0.29, 0.717) is 0 Å². The molecule has 0 atom stereocenters. The van der Waals surface area contributed by atoms with E-state index in [9.17, 15) is 0 Å². The van der Waals surface area contributed by atoms with Gasteiger partial charge in [-0.2, -0.15) is 0 Å². The molecule has 15 rings (SSSR count). The van der Waals surface area contributed by atoms with Crippen molar-refractivity contribution in [3.05, 3.63) is 215 Å². The third-order valence-corrected chi connectivity index (χ3v) is 16.9. The van der Waals surface area contributed by atoms with Crippen LogP contribution in [0, 0.1) is 27.7 Å². The van der Waals surface area contributed by atoms with Gasteiger partial charge in [-0.05, 0) is 155 Å². The summed E-state index contributed by atoms with van der Waals surface area (Å²) in [5.74, 6) is 0. The lowest BCUT2D eigenvalue weighted by atomic mass is 9.86. The molecule has 80 heavy (non-hydrogen) atoms. The quantitative estimate of drug-likeness (QED) is 0.165. The molecule has 0 N–H and O–H groups in total. The van der Waals surface area contributed by atoms with Gasteiger partial charge in [-0.1, -0.05) is 151 Å². The van der Waals surface area contributed by atoms with Crippen LogP contribution < -0.4 is 9.80 Å². The van der Waals surface area contributed by atoms with E-state index in [0.717, 1.165) is 143 Å². The highest BCUT2D eigenvalue weighted by Crippen LogP contribution is 2.50. The third-order valence-electron chi connectivity index (χ3n) is 16.9. The summed E-state index contributed by atoms with van der Waals surface area (Å²) in [6, 6.07) is 65.9. The molecule has 11 aromatic carbocycles. The third kappa shape index (κ3) is 7.17. The summed E-state index contributed by atoms with van der Waals surface area (Å²) < 4.78 is 27.7. The molecule has 0 spiro atoms. The molecular weight excluding hydrogens is 981 g/mol. The number of anilines is 6. The summed E-state index contributed by atoms with van der Waals surface area (Å²) in [4.78, 5) is 4.77. The number of para-hydroxylation sites is 6. The maximum absolute atomic E-state index is 7.03. The Morgan fingerprint density at radius 1 is 0.300 bits per heavy atom. The van der Waals surface area contributed by atoms with Crippen molar-refractivity contribution in [2.75, 3.05) is 9.80 Å². The maximum atomic E-state index is 7.03. The van der Waals surface area contributed by atoms with Gasteiger partial charge in [-0.3, -0.25) is 0 Å². The number of rotatable bonds is 6. The predicted octanol–water partition coefficient (Wildman–Crippen LogP) is 22.4. The molecule has 4 heterocycles. The molecule has 0 aliphatic carbocycles. The van der Waals surface area contributed by atoms with E-state index in [1.54, 1.807) is 0 Å². The van der Waals surface area contributed by atoms with Crippen LogP contribution in [0.15, 0.2) is 200 Å². The Bertz CT molecular complexity index is 4740. The number of benzene rings is 11. The minimum Gasteiger partial charge on any atom is -0.456 e. The standard InChI is InChI=1S/C74H60N2O4/c1-41-17-11-18-42(2)67(41)75(59-27-15-23-53-51-21-13-25-57(73(5,6)7)69(51)79-71(53)59)49-31-29-45-37-55-63(39-47(45)35-49)77-61-33-34-62-66(65(55)61)56-38-46-30-32-50(36-48(46)40-64(56)78-62)76(68-43(3)19-12-20-44(68)4)60-28-16-24-54-52-22-14-26-58(74(8,9)10)70(52)80-72(54)60/h11-40H,1-10H3. The Morgan fingerprint density at radius 2 is 0.662 bits per heavy atom. The first-order chi connectivity index (χ1) is 38.6. The topological polar surface area (TPSA) is 59.0 Å². The fraction of sp³-hybridized carbons (Fsp3) is 0.162. The molecule has 0 bridgehead atoms. The number of nitrogens with zero attached hydrogens (tertiary/aromatic N) is 2. The van der Waals surface area contributed by atoms with Crippen molar-refractivity contribution in [1.82, 2.24) is 0 Å². The molecule has 0 unspecified atom stereocenters. The van der Waals surface area contributed by atoms with Crippen molar-refractivity contribution in [2.45, 2.75) is 80.1 Å². The molecule has 0 aliphatic rings. The minimum atomic E-state index is -0.0902. The van der Waals surface area contributed by atoms with Crippen molar-refractivity contribution in [3.63, 3.8) is 0 Å². The Hall–Kier alpha value is -9.26. The van der Waals surface area contributed by atoms with Gasteiger partial charge in [0, 0.05) is 65.6 Å². The number of hydrogen-bond acceptors (Lipinski definition) is 6. The molecule has 0 saturated carbocycles. The summed E-state index contributed by atoms with van der Waals surface area (Å²) >= 11 is 0. The predicted molar refractivity (Wildman–Crippen MR) is 336 cm³/mol. The normalized spacial score (nSPS) is 12.6. The Morgan fingerprint density at radius 3 is 1.05 bits per heavy atom. The highest BCUT2D eigenvalue weighted by molar-refractivity contribution is 6.28. The molecule has 0 amide bonds. The van der Waals surface area contributed by atoms with Gasteiger partial charge in [-0.25, -0.2) is 0 Å². The largest absolute Gasteiger partial charge is 0.456 e. The van der Waals surface area contributed by atoms with E-state index >= 15 is 0 Å². The Labute approximate surface area is 464 Å². The zero-order valence-corrected chi connectivity index (χ0v) is 46.8. The zero-order valence-electron chi connectivity index (χ0n) is 46.8. The van der Waals surface area contributed by atoms with Crippen LogP contribution in [0.1, 0.15) is 74.9 Å². The summed E-state index contributed by atoms with van der Waals surface area (Å²) in [7, 11) is 0. The lowest BCUT2D eigenvalue weighted by molar-refractivity contribution is 0.572. The van der Waals surface area contributed by atoms with Crippen LogP contribution in [-0.4, -0.2) is 0 Å². The highest BCUT2D eigenvalue weighted by atomic mass is 16.3. The van der Waals surface area contributed by atoms with Crippen molar-refractivity contribution in [2.24, 2.45) is 0 Å². The number of fused-ring (bicyclic) bond motifs is 15. The van der Waals surface area contributed by atoms with E-state index in [4.69, 9.17) is 17.7 Å². The first kappa shape index (κ1) is 47.9. The van der Waals surface area contributed by atoms with Crippen LogP contribution in [0.5, 0.6) is 0 Å². The number of furan rings is 4. The average molecular weight is 1040 g/mol. The van der Waals surface area contributed by atoms with E-state index in [-0.39, 0.29) is 10.8 Å². The second-order valence-electron chi connectivity index (χ2n) is 24.3. The van der Waals surface area contributed by atoms with E-state index in [1.165, 1.54) is 33.4 Å². The number of hydrogen-bond donors (Lipinski definition) is 0.